The largest absolute Gasteiger partial charge is 0.756 e. The zero-order valence-corrected chi connectivity index (χ0v) is 10.1. The van der Waals surface area contributed by atoms with Crippen molar-refractivity contribution in [1.29, 1.82) is 0 Å². The maximum absolute atomic E-state index is 12.5. The van der Waals surface area contributed by atoms with Crippen molar-refractivity contribution in [3.8, 4) is 0 Å². The van der Waals surface area contributed by atoms with Crippen LogP contribution in [-0.2, 0) is 13.6 Å². The van der Waals surface area contributed by atoms with Gasteiger partial charge >= 0.3 is 6.18 Å². The predicted molar refractivity (Wildman–Crippen MR) is 52.2 cm³/mol. The molecule has 0 bridgehead atoms. The summed E-state index contributed by atoms with van der Waals surface area (Å²) >= 11 is 0. The van der Waals surface area contributed by atoms with Gasteiger partial charge in [0.1, 0.15) is 0 Å². The van der Waals surface area contributed by atoms with Crippen LogP contribution < -0.4 is 4.89 Å². The molecule has 102 valence electrons. The van der Waals surface area contributed by atoms with Crippen molar-refractivity contribution in [3.63, 3.8) is 0 Å². The molecule has 0 spiro atoms. The smallest absolute Gasteiger partial charge is 0.415 e. The third-order valence-electron chi connectivity index (χ3n) is 2.48. The highest BCUT2D eigenvalue weighted by atomic mass is 31.2. The fourth-order valence-electron chi connectivity index (χ4n) is 1.60. The van der Waals surface area contributed by atoms with E-state index >= 15 is 0 Å². The van der Waals surface area contributed by atoms with E-state index in [9.17, 15) is 22.6 Å². The van der Waals surface area contributed by atoms with E-state index in [0.717, 1.165) is 12.8 Å². The molecule has 2 atom stereocenters. The minimum Gasteiger partial charge on any atom is -0.756 e. The molecule has 0 amide bonds. The van der Waals surface area contributed by atoms with E-state index in [1.54, 1.807) is 0 Å². The Bertz CT molecular complexity index is 282. The van der Waals surface area contributed by atoms with Gasteiger partial charge in [-0.1, -0.05) is 25.7 Å². The molecule has 17 heavy (non-hydrogen) atoms. The first-order valence-electron chi connectivity index (χ1n) is 5.52. The Morgan fingerprint density at radius 1 is 1.12 bits per heavy atom. The highest BCUT2D eigenvalue weighted by Gasteiger charge is 2.42. The Balaban J connectivity index is 2.69. The van der Waals surface area contributed by atoms with Gasteiger partial charge in [0.05, 0.1) is 6.61 Å². The summed E-state index contributed by atoms with van der Waals surface area (Å²) in [6.45, 7) is -0.120. The van der Waals surface area contributed by atoms with Gasteiger partial charge in [-0.25, -0.2) is 0 Å². The van der Waals surface area contributed by atoms with Crippen LogP contribution in [0.1, 0.15) is 38.5 Å². The summed E-state index contributed by atoms with van der Waals surface area (Å²) in [7, 11) is -4.85. The van der Waals surface area contributed by atoms with Gasteiger partial charge in [-0.05, 0) is 12.8 Å². The number of phosphoric acid groups is 1. The van der Waals surface area contributed by atoms with Crippen molar-refractivity contribution in [2.75, 3.05) is 6.61 Å². The number of rotatable bonds is 0. The SMILES string of the molecule is O=P1([O-])OCCCCCCCC(C(F)(F)F)O1. The maximum atomic E-state index is 12.5. The Kier molecular flexibility index (Phi) is 5.44. The van der Waals surface area contributed by atoms with E-state index in [2.05, 4.69) is 9.05 Å². The minimum atomic E-state index is -4.85. The molecule has 0 aromatic carbocycles. The lowest BCUT2D eigenvalue weighted by atomic mass is 10.1. The summed E-state index contributed by atoms with van der Waals surface area (Å²) in [5.41, 5.74) is 0. The first-order valence-corrected chi connectivity index (χ1v) is 6.98. The van der Waals surface area contributed by atoms with Crippen molar-refractivity contribution < 1.29 is 31.7 Å². The number of phosphoric ester groups is 1. The maximum Gasteiger partial charge on any atom is 0.415 e. The van der Waals surface area contributed by atoms with Crippen LogP contribution in [0.3, 0.4) is 0 Å². The Hall–Kier alpha value is -0.100. The molecule has 1 aliphatic rings. The molecule has 0 aromatic rings. The highest BCUT2D eigenvalue weighted by Crippen LogP contribution is 2.44. The second-order valence-electron chi connectivity index (χ2n) is 3.97. The molecule has 1 saturated heterocycles. The van der Waals surface area contributed by atoms with Gasteiger partial charge in [0.2, 0.25) is 0 Å². The van der Waals surface area contributed by atoms with Crippen LogP contribution in [0.2, 0.25) is 0 Å². The van der Waals surface area contributed by atoms with Gasteiger partial charge in [0, 0.05) is 0 Å². The summed E-state index contributed by atoms with van der Waals surface area (Å²) in [5, 5.41) is 0. The lowest BCUT2D eigenvalue weighted by Gasteiger charge is -2.29. The van der Waals surface area contributed by atoms with E-state index in [0.29, 0.717) is 19.3 Å². The fraction of sp³-hybridized carbons (Fsp3) is 1.00. The van der Waals surface area contributed by atoms with Gasteiger partial charge in [-0.3, -0.25) is 4.57 Å². The van der Waals surface area contributed by atoms with Gasteiger partial charge < -0.3 is 13.9 Å². The molecule has 0 aromatic heterocycles. The zero-order valence-electron chi connectivity index (χ0n) is 9.24. The molecule has 4 nitrogen and oxygen atoms in total. The summed E-state index contributed by atoms with van der Waals surface area (Å²) in [6, 6.07) is 0. The Morgan fingerprint density at radius 2 is 1.71 bits per heavy atom. The van der Waals surface area contributed by atoms with Crippen LogP contribution in [-0.4, -0.2) is 18.9 Å². The molecule has 2 unspecified atom stereocenters. The van der Waals surface area contributed by atoms with Gasteiger partial charge in [-0.2, -0.15) is 13.2 Å². The van der Waals surface area contributed by atoms with Crippen LogP contribution in [0.5, 0.6) is 0 Å². The van der Waals surface area contributed by atoms with Crippen LogP contribution in [0.15, 0.2) is 0 Å². The van der Waals surface area contributed by atoms with E-state index in [1.165, 1.54) is 0 Å². The average Bonchev–Trinajstić information content (AvgIpc) is 2.21. The minimum absolute atomic E-state index is 0.120. The molecule has 0 saturated carbocycles. The first-order chi connectivity index (χ1) is 7.81. The lowest BCUT2D eigenvalue weighted by molar-refractivity contribution is -0.258. The van der Waals surface area contributed by atoms with E-state index in [4.69, 9.17) is 0 Å². The van der Waals surface area contributed by atoms with Gasteiger partial charge in [0.25, 0.3) is 7.82 Å². The van der Waals surface area contributed by atoms with Gasteiger partial charge in [0.15, 0.2) is 6.10 Å². The molecule has 1 aliphatic heterocycles. The van der Waals surface area contributed by atoms with Crippen molar-refractivity contribution >= 4 is 7.82 Å². The summed E-state index contributed by atoms with van der Waals surface area (Å²) < 4.78 is 57.1. The van der Waals surface area contributed by atoms with Crippen molar-refractivity contribution in [2.45, 2.75) is 50.8 Å². The summed E-state index contributed by atoms with van der Waals surface area (Å²) in [4.78, 5) is 11.1. The highest BCUT2D eigenvalue weighted by molar-refractivity contribution is 7.45. The molecular formula is C9H15F3O4P-. The van der Waals surface area contributed by atoms with Crippen LogP contribution in [0, 0.1) is 0 Å². The van der Waals surface area contributed by atoms with Crippen LogP contribution >= 0.6 is 7.82 Å². The second-order valence-corrected chi connectivity index (χ2v) is 5.34. The van der Waals surface area contributed by atoms with E-state index < -0.39 is 20.1 Å². The summed E-state index contributed by atoms with van der Waals surface area (Å²) in [5.74, 6) is 0. The molecule has 8 heteroatoms. The first kappa shape index (κ1) is 15.0. The molecule has 0 radical (unpaired) electrons. The third-order valence-corrected chi connectivity index (χ3v) is 3.49. The lowest BCUT2D eigenvalue weighted by Crippen LogP contribution is -2.32. The monoisotopic (exact) mass is 275 g/mol. The van der Waals surface area contributed by atoms with Gasteiger partial charge in [-0.15, -0.1) is 0 Å². The van der Waals surface area contributed by atoms with Crippen LogP contribution in [0.4, 0.5) is 13.2 Å². The van der Waals surface area contributed by atoms with Crippen molar-refractivity contribution in [2.24, 2.45) is 0 Å². The molecule has 1 rings (SSSR count). The fourth-order valence-corrected chi connectivity index (χ4v) is 2.55. The quantitative estimate of drug-likeness (QED) is 0.638. The molecule has 0 N–H and O–H groups in total. The standard InChI is InChI=1S/C9H16F3O4P/c10-9(11,12)8-6-4-2-1-3-5-7-15-17(13,14)16-8/h8H,1-7H2,(H,13,14)/p-1. The average molecular weight is 275 g/mol. The number of hydrogen-bond donors (Lipinski definition) is 0. The zero-order chi connectivity index (χ0) is 12.9. The van der Waals surface area contributed by atoms with E-state index in [1.807, 2.05) is 0 Å². The molecule has 1 fully saturated rings. The topological polar surface area (TPSA) is 58.6 Å². The second kappa shape index (κ2) is 6.18. The Morgan fingerprint density at radius 3 is 2.35 bits per heavy atom. The molecule has 1 heterocycles. The predicted octanol–water partition coefficient (Wildman–Crippen LogP) is 2.77. The Labute approximate surface area is 97.7 Å². The molecule has 0 aliphatic carbocycles. The molecular weight excluding hydrogens is 260 g/mol. The van der Waals surface area contributed by atoms with Crippen LogP contribution in [0.25, 0.3) is 0 Å². The number of halogens is 3. The summed E-state index contributed by atoms with van der Waals surface area (Å²) in [6.07, 6.45) is -4.36. The normalized spacial score (nSPS) is 34.0. The van der Waals surface area contributed by atoms with Crippen molar-refractivity contribution in [1.82, 2.24) is 0 Å². The number of hydrogen-bond acceptors (Lipinski definition) is 4. The number of alkyl halides is 3. The third kappa shape index (κ3) is 5.86. The van der Waals surface area contributed by atoms with Crippen molar-refractivity contribution in [3.05, 3.63) is 0 Å². The van der Waals surface area contributed by atoms with E-state index in [-0.39, 0.29) is 13.0 Å².